The van der Waals surface area contributed by atoms with E-state index in [4.69, 9.17) is 4.74 Å². The number of rotatable bonds is 4. The molecule has 1 atom stereocenters. The van der Waals surface area contributed by atoms with E-state index in [1.165, 1.54) is 28.0 Å². The van der Waals surface area contributed by atoms with Gasteiger partial charge in [-0.15, -0.1) is 0 Å². The quantitative estimate of drug-likeness (QED) is 0.479. The normalized spacial score (nSPS) is 18.0. The number of hydrogen-bond acceptors (Lipinski definition) is 5. The maximum absolute atomic E-state index is 12.4. The van der Waals surface area contributed by atoms with Crippen molar-refractivity contribution in [3.63, 3.8) is 0 Å². The number of nitro benzene ring substituents is 1. The third-order valence-corrected chi connectivity index (χ3v) is 4.03. The molecule has 0 spiro atoms. The molecule has 2 rings (SSSR count). The predicted molar refractivity (Wildman–Crippen MR) is 86.1 cm³/mol. The molecule has 0 saturated heterocycles. The number of nitro groups is 1. The minimum Gasteiger partial charge on any atom is -0.463 e. The van der Waals surface area contributed by atoms with Crippen LogP contribution in [0.4, 0.5) is 10.5 Å². The minimum absolute atomic E-state index is 0.104. The van der Waals surface area contributed by atoms with Crippen LogP contribution in [-0.2, 0) is 9.53 Å². The van der Waals surface area contributed by atoms with E-state index in [9.17, 15) is 19.7 Å². The lowest BCUT2D eigenvalue weighted by Gasteiger charge is -2.39. The van der Waals surface area contributed by atoms with Gasteiger partial charge in [0.05, 0.1) is 23.1 Å². The summed E-state index contributed by atoms with van der Waals surface area (Å²) in [5.74, 6) is -0.544. The topological polar surface area (TPSA) is 93.0 Å². The van der Waals surface area contributed by atoms with Crippen LogP contribution < -0.4 is 0 Å². The number of hydrogen-bond donors (Lipinski definition) is 0. The smallest absolute Gasteiger partial charge is 0.338 e. The summed E-state index contributed by atoms with van der Waals surface area (Å²) in [5, 5.41) is 11.0. The van der Waals surface area contributed by atoms with E-state index in [-0.39, 0.29) is 18.3 Å². The predicted octanol–water partition coefficient (Wildman–Crippen LogP) is 2.47. The first kappa shape index (κ1) is 17.5. The largest absolute Gasteiger partial charge is 0.463 e. The van der Waals surface area contributed by atoms with Crippen LogP contribution in [0.3, 0.4) is 0 Å². The molecule has 1 aromatic carbocycles. The second kappa shape index (κ2) is 6.69. The van der Waals surface area contributed by atoms with Crippen LogP contribution in [0.5, 0.6) is 0 Å². The highest BCUT2D eigenvalue weighted by Crippen LogP contribution is 2.37. The maximum Gasteiger partial charge on any atom is 0.338 e. The van der Waals surface area contributed by atoms with Gasteiger partial charge in [0.25, 0.3) is 5.69 Å². The number of carbonyl (C=O) groups is 2. The highest BCUT2D eigenvalue weighted by Gasteiger charge is 2.39. The first-order chi connectivity index (χ1) is 11.3. The fraction of sp³-hybridized carbons (Fsp3) is 0.375. The monoisotopic (exact) mass is 333 g/mol. The molecular weight excluding hydrogens is 314 g/mol. The molecule has 0 bridgehead atoms. The zero-order valence-corrected chi connectivity index (χ0v) is 14.0. The molecule has 128 valence electrons. The molecule has 0 N–H and O–H groups in total. The lowest BCUT2D eigenvalue weighted by molar-refractivity contribution is -0.384. The zero-order valence-electron chi connectivity index (χ0n) is 14.0. The van der Waals surface area contributed by atoms with E-state index in [0.29, 0.717) is 16.8 Å². The van der Waals surface area contributed by atoms with E-state index in [1.807, 2.05) is 0 Å². The van der Waals surface area contributed by atoms with Gasteiger partial charge in [0.1, 0.15) is 0 Å². The third kappa shape index (κ3) is 2.94. The van der Waals surface area contributed by atoms with E-state index in [1.54, 1.807) is 34.0 Å². The van der Waals surface area contributed by atoms with Gasteiger partial charge in [-0.1, -0.05) is 12.1 Å². The first-order valence-corrected chi connectivity index (χ1v) is 7.42. The van der Waals surface area contributed by atoms with E-state index < -0.39 is 16.9 Å². The van der Waals surface area contributed by atoms with Crippen molar-refractivity contribution in [2.24, 2.45) is 0 Å². The molecule has 1 aliphatic rings. The number of likely N-dealkylation sites (N-methyl/N-ethyl adjacent to an activating group) is 1. The van der Waals surface area contributed by atoms with Crippen molar-refractivity contribution in [3.8, 4) is 0 Å². The molecule has 1 aromatic rings. The van der Waals surface area contributed by atoms with E-state index in [2.05, 4.69) is 0 Å². The van der Waals surface area contributed by atoms with Crippen molar-refractivity contribution in [1.82, 2.24) is 9.80 Å². The minimum atomic E-state index is -0.743. The Hall–Kier alpha value is -2.90. The molecule has 1 aliphatic heterocycles. The van der Waals surface area contributed by atoms with Gasteiger partial charge < -0.3 is 14.5 Å². The van der Waals surface area contributed by atoms with Crippen molar-refractivity contribution in [3.05, 3.63) is 51.2 Å². The number of ether oxygens (including phenoxy) is 1. The van der Waals surface area contributed by atoms with Gasteiger partial charge in [-0.2, -0.15) is 0 Å². The lowest BCUT2D eigenvalue weighted by atomic mass is 9.93. The second-order valence-corrected chi connectivity index (χ2v) is 5.43. The summed E-state index contributed by atoms with van der Waals surface area (Å²) >= 11 is 0. The summed E-state index contributed by atoms with van der Waals surface area (Å²) in [7, 11) is 3.12. The Labute approximate surface area is 139 Å². The number of allylic oxidation sites excluding steroid dienone is 1. The third-order valence-electron chi connectivity index (χ3n) is 4.03. The van der Waals surface area contributed by atoms with Gasteiger partial charge in [-0.3, -0.25) is 10.1 Å². The Morgan fingerprint density at radius 1 is 1.38 bits per heavy atom. The Morgan fingerprint density at radius 3 is 2.62 bits per heavy atom. The van der Waals surface area contributed by atoms with Crippen LogP contribution in [0.15, 0.2) is 35.5 Å². The molecular formula is C16H19N3O5. The molecule has 0 fully saturated rings. The Morgan fingerprint density at radius 2 is 2.04 bits per heavy atom. The summed E-state index contributed by atoms with van der Waals surface area (Å²) in [5.41, 5.74) is 1.14. The molecule has 2 amide bonds. The van der Waals surface area contributed by atoms with Crippen LogP contribution in [0.1, 0.15) is 25.5 Å². The van der Waals surface area contributed by atoms with Gasteiger partial charge in [-0.25, -0.2) is 9.59 Å². The highest BCUT2D eigenvalue weighted by molar-refractivity contribution is 5.95. The Bertz CT molecular complexity index is 728. The van der Waals surface area contributed by atoms with Crippen molar-refractivity contribution < 1.29 is 19.2 Å². The molecule has 1 heterocycles. The van der Waals surface area contributed by atoms with Crippen LogP contribution in [0.25, 0.3) is 0 Å². The fourth-order valence-electron chi connectivity index (χ4n) is 2.73. The molecule has 8 heteroatoms. The van der Waals surface area contributed by atoms with Crippen LogP contribution >= 0.6 is 0 Å². The molecule has 0 radical (unpaired) electrons. The molecule has 0 unspecified atom stereocenters. The highest BCUT2D eigenvalue weighted by atomic mass is 16.6. The molecule has 0 aliphatic carbocycles. The summed E-state index contributed by atoms with van der Waals surface area (Å²) in [6.07, 6.45) is 0. The van der Waals surface area contributed by atoms with E-state index in [0.717, 1.165) is 0 Å². The number of carbonyl (C=O) groups excluding carboxylic acids is 2. The zero-order chi connectivity index (χ0) is 18.0. The molecule has 0 aromatic heterocycles. The van der Waals surface area contributed by atoms with Gasteiger partial charge in [0.15, 0.2) is 0 Å². The summed E-state index contributed by atoms with van der Waals surface area (Å²) in [4.78, 5) is 38.1. The summed E-state index contributed by atoms with van der Waals surface area (Å²) < 4.78 is 5.12. The maximum atomic E-state index is 12.4. The van der Waals surface area contributed by atoms with Gasteiger partial charge >= 0.3 is 12.0 Å². The number of esters is 1. The van der Waals surface area contributed by atoms with E-state index >= 15 is 0 Å². The Balaban J connectivity index is 2.62. The average Bonchev–Trinajstić information content (AvgIpc) is 2.56. The SMILES string of the molecule is CCOC(=O)C1=C(C)N(C)C(=O)N(C)[C@H]1c1cccc([N+](=O)[O-])c1. The van der Waals surface area contributed by atoms with Crippen LogP contribution in [-0.4, -0.2) is 47.4 Å². The van der Waals surface area contributed by atoms with Crippen LogP contribution in [0, 0.1) is 10.1 Å². The molecule has 24 heavy (non-hydrogen) atoms. The fourth-order valence-corrected chi connectivity index (χ4v) is 2.73. The summed E-state index contributed by atoms with van der Waals surface area (Å²) in [6.45, 7) is 3.54. The number of non-ortho nitro benzene ring substituents is 1. The van der Waals surface area contributed by atoms with Crippen molar-refractivity contribution in [2.75, 3.05) is 20.7 Å². The number of urea groups is 1. The Kier molecular flexibility index (Phi) is 4.87. The standard InChI is InChI=1S/C16H19N3O5/c1-5-24-15(20)13-10(2)17(3)16(21)18(4)14(13)11-7-6-8-12(9-11)19(22)23/h6-9,14H,5H2,1-4H3/t14-/m0/s1. The van der Waals surface area contributed by atoms with Gasteiger partial charge in [-0.05, 0) is 19.4 Å². The molecule has 8 nitrogen and oxygen atoms in total. The summed E-state index contributed by atoms with van der Waals surface area (Å²) in [6, 6.07) is 4.86. The second-order valence-electron chi connectivity index (χ2n) is 5.43. The first-order valence-electron chi connectivity index (χ1n) is 7.42. The van der Waals surface area contributed by atoms with Crippen molar-refractivity contribution in [1.29, 1.82) is 0 Å². The number of amides is 2. The van der Waals surface area contributed by atoms with Crippen molar-refractivity contribution >= 4 is 17.7 Å². The van der Waals surface area contributed by atoms with Gasteiger partial charge in [0, 0.05) is 31.9 Å². The molecule has 0 saturated carbocycles. The van der Waals surface area contributed by atoms with Crippen LogP contribution in [0.2, 0.25) is 0 Å². The van der Waals surface area contributed by atoms with Crippen molar-refractivity contribution in [2.45, 2.75) is 19.9 Å². The lowest BCUT2D eigenvalue weighted by Crippen LogP contribution is -2.47. The van der Waals surface area contributed by atoms with Gasteiger partial charge in [0.2, 0.25) is 0 Å². The number of benzene rings is 1. The average molecular weight is 333 g/mol. The number of nitrogens with zero attached hydrogens (tertiary/aromatic N) is 3.